The predicted molar refractivity (Wildman–Crippen MR) is 75.1 cm³/mol. The lowest BCUT2D eigenvalue weighted by molar-refractivity contribution is 0.706. The van der Waals surface area contributed by atoms with E-state index in [2.05, 4.69) is 9.97 Å². The Morgan fingerprint density at radius 3 is 2.88 bits per heavy atom. The molecule has 1 atom stereocenters. The van der Waals surface area contributed by atoms with Crippen LogP contribution in [0.4, 0.5) is 0 Å². The number of nitrogens with zero attached hydrogens (tertiary/aromatic N) is 1. The zero-order valence-corrected chi connectivity index (χ0v) is 11.6. The van der Waals surface area contributed by atoms with Crippen molar-refractivity contribution in [2.75, 3.05) is 5.75 Å². The van der Waals surface area contributed by atoms with Gasteiger partial charge in [-0.3, -0.25) is 0 Å². The van der Waals surface area contributed by atoms with Gasteiger partial charge >= 0.3 is 0 Å². The minimum Gasteiger partial charge on any atom is -0.346 e. The molecule has 1 aliphatic carbocycles. The summed E-state index contributed by atoms with van der Waals surface area (Å²) in [5, 5.41) is 0.560. The highest BCUT2D eigenvalue weighted by Gasteiger charge is 2.21. The summed E-state index contributed by atoms with van der Waals surface area (Å²) in [6, 6.07) is 0. The maximum atomic E-state index is 5.48. The smallest absolute Gasteiger partial charge is 0.133 e. The molecule has 1 aromatic rings. The van der Waals surface area contributed by atoms with Crippen LogP contribution in [-0.4, -0.2) is 15.7 Å². The first-order valence-electron chi connectivity index (χ1n) is 6.58. The monoisotopic (exact) mass is 266 g/mol. The second-order valence-electron chi connectivity index (χ2n) is 4.95. The molecule has 2 aliphatic rings. The summed E-state index contributed by atoms with van der Waals surface area (Å²) in [6.07, 6.45) is 8.73. The van der Waals surface area contributed by atoms with E-state index in [1.54, 1.807) is 0 Å². The second kappa shape index (κ2) is 5.11. The average molecular weight is 266 g/mol. The van der Waals surface area contributed by atoms with Crippen LogP contribution in [0.2, 0.25) is 0 Å². The molecule has 0 bridgehead atoms. The largest absolute Gasteiger partial charge is 0.346 e. The van der Waals surface area contributed by atoms with E-state index in [9.17, 15) is 0 Å². The first-order chi connectivity index (χ1) is 8.34. The number of aromatic nitrogens is 2. The molecule has 1 aliphatic heterocycles. The summed E-state index contributed by atoms with van der Waals surface area (Å²) in [4.78, 5) is 8.24. The molecule has 1 aromatic heterocycles. The Kier molecular flexibility index (Phi) is 3.52. The van der Waals surface area contributed by atoms with Crippen LogP contribution in [-0.2, 0) is 12.8 Å². The van der Waals surface area contributed by atoms with E-state index in [1.165, 1.54) is 49.1 Å². The van der Waals surface area contributed by atoms with Gasteiger partial charge in [-0.05, 0) is 44.3 Å². The van der Waals surface area contributed by atoms with Crippen molar-refractivity contribution in [1.29, 1.82) is 0 Å². The first-order valence-corrected chi connectivity index (χ1v) is 8.04. The van der Waals surface area contributed by atoms with Gasteiger partial charge in [-0.2, -0.15) is 11.8 Å². The Morgan fingerprint density at radius 1 is 1.18 bits per heavy atom. The molecule has 4 heteroatoms. The number of thioether (sulfide) groups is 1. The van der Waals surface area contributed by atoms with Gasteiger partial charge in [-0.15, -0.1) is 0 Å². The van der Waals surface area contributed by atoms with Crippen molar-refractivity contribution in [1.82, 2.24) is 9.97 Å². The van der Waals surface area contributed by atoms with E-state index < -0.39 is 0 Å². The molecule has 92 valence electrons. The quantitative estimate of drug-likeness (QED) is 0.616. The molecule has 17 heavy (non-hydrogen) atoms. The lowest BCUT2D eigenvalue weighted by atomic mass is 10.1. The molecule has 2 nitrogen and oxygen atoms in total. The van der Waals surface area contributed by atoms with Gasteiger partial charge in [-0.25, -0.2) is 4.98 Å². The summed E-state index contributed by atoms with van der Waals surface area (Å²) < 4.78 is 0.864. The summed E-state index contributed by atoms with van der Waals surface area (Å²) in [7, 11) is 0. The van der Waals surface area contributed by atoms with Crippen LogP contribution in [0.5, 0.6) is 0 Å². The Morgan fingerprint density at radius 2 is 2.06 bits per heavy atom. The number of aromatic amines is 1. The van der Waals surface area contributed by atoms with Crippen molar-refractivity contribution in [3.05, 3.63) is 21.7 Å². The predicted octanol–water partition coefficient (Wildman–Crippen LogP) is 3.98. The third kappa shape index (κ3) is 2.43. The number of fused-ring (bicyclic) bond motifs is 1. The Hall–Kier alpha value is -0.350. The molecular weight excluding hydrogens is 248 g/mol. The lowest BCUT2D eigenvalue weighted by Gasteiger charge is -2.13. The normalized spacial score (nSPS) is 24.4. The number of rotatable bonds is 1. The van der Waals surface area contributed by atoms with Crippen LogP contribution >= 0.6 is 24.0 Å². The molecule has 1 unspecified atom stereocenters. The first kappa shape index (κ1) is 11.7. The number of H-pyrrole nitrogens is 1. The van der Waals surface area contributed by atoms with Crippen molar-refractivity contribution in [2.24, 2.45) is 0 Å². The highest BCUT2D eigenvalue weighted by atomic mass is 32.2. The van der Waals surface area contributed by atoms with Gasteiger partial charge in [0.25, 0.3) is 0 Å². The molecule has 0 amide bonds. The third-order valence-corrected chi connectivity index (χ3v) is 5.44. The molecule has 1 N–H and O–H groups in total. The molecule has 1 fully saturated rings. The minimum atomic E-state index is 0.560. The zero-order valence-electron chi connectivity index (χ0n) is 10.00. The fourth-order valence-corrected chi connectivity index (χ4v) is 4.31. The summed E-state index contributed by atoms with van der Waals surface area (Å²) >= 11 is 7.50. The SMILES string of the molecule is S=c1nc(C2CCCS2)[nH]c2c1CCCCC2. The molecule has 3 rings (SSSR count). The van der Waals surface area contributed by atoms with Crippen molar-refractivity contribution >= 4 is 24.0 Å². The highest BCUT2D eigenvalue weighted by molar-refractivity contribution is 7.99. The standard InChI is InChI=1S/C13H18N2S2/c16-13-9-5-2-1-3-6-10(9)14-12(15-13)11-7-4-8-17-11/h11H,1-8H2,(H,14,15,16). The molecule has 0 saturated carbocycles. The van der Waals surface area contributed by atoms with Crippen LogP contribution in [0.3, 0.4) is 0 Å². The molecule has 0 spiro atoms. The van der Waals surface area contributed by atoms with Crippen LogP contribution in [0.15, 0.2) is 0 Å². The number of hydrogen-bond donors (Lipinski definition) is 1. The zero-order chi connectivity index (χ0) is 11.7. The van der Waals surface area contributed by atoms with Crippen molar-refractivity contribution in [2.45, 2.75) is 50.2 Å². The maximum absolute atomic E-state index is 5.48. The number of aryl methyl sites for hydroxylation is 1. The van der Waals surface area contributed by atoms with Gasteiger partial charge in [0, 0.05) is 11.3 Å². The fourth-order valence-electron chi connectivity index (χ4n) is 2.76. The summed E-state index contributed by atoms with van der Waals surface area (Å²) in [6.45, 7) is 0. The fraction of sp³-hybridized carbons (Fsp3) is 0.692. The van der Waals surface area contributed by atoms with Gasteiger partial charge in [0.15, 0.2) is 0 Å². The third-order valence-electron chi connectivity index (χ3n) is 3.71. The summed E-state index contributed by atoms with van der Waals surface area (Å²) in [5.74, 6) is 2.41. The Balaban J connectivity index is 1.99. The van der Waals surface area contributed by atoms with Gasteiger partial charge in [0.1, 0.15) is 10.5 Å². The number of hydrogen-bond acceptors (Lipinski definition) is 3. The molecule has 0 aromatic carbocycles. The Bertz CT molecular complexity index is 461. The van der Waals surface area contributed by atoms with E-state index in [4.69, 9.17) is 12.2 Å². The van der Waals surface area contributed by atoms with E-state index in [-0.39, 0.29) is 0 Å². The van der Waals surface area contributed by atoms with Crippen LogP contribution in [0.1, 0.15) is 54.4 Å². The van der Waals surface area contributed by atoms with E-state index >= 15 is 0 Å². The Labute approximate surface area is 112 Å². The molecular formula is C13H18N2S2. The molecule has 2 heterocycles. The van der Waals surface area contributed by atoms with E-state index in [0.29, 0.717) is 5.25 Å². The van der Waals surface area contributed by atoms with Crippen LogP contribution in [0.25, 0.3) is 0 Å². The second-order valence-corrected chi connectivity index (χ2v) is 6.64. The van der Waals surface area contributed by atoms with Crippen molar-refractivity contribution < 1.29 is 0 Å². The maximum Gasteiger partial charge on any atom is 0.133 e. The highest BCUT2D eigenvalue weighted by Crippen LogP contribution is 2.38. The van der Waals surface area contributed by atoms with Crippen molar-refractivity contribution in [3.63, 3.8) is 0 Å². The summed E-state index contributed by atoms with van der Waals surface area (Å²) in [5.41, 5.74) is 2.70. The van der Waals surface area contributed by atoms with Gasteiger partial charge < -0.3 is 4.98 Å². The van der Waals surface area contributed by atoms with Crippen LogP contribution < -0.4 is 0 Å². The van der Waals surface area contributed by atoms with Gasteiger partial charge in [-0.1, -0.05) is 18.6 Å². The minimum absolute atomic E-state index is 0.560. The van der Waals surface area contributed by atoms with E-state index in [0.717, 1.165) is 23.3 Å². The average Bonchev–Trinajstić information content (AvgIpc) is 2.75. The molecule has 1 saturated heterocycles. The molecule has 0 radical (unpaired) electrons. The van der Waals surface area contributed by atoms with Crippen LogP contribution in [0, 0.1) is 4.64 Å². The van der Waals surface area contributed by atoms with Gasteiger partial charge in [0.05, 0.1) is 5.25 Å². The number of nitrogens with one attached hydrogen (secondary N) is 1. The van der Waals surface area contributed by atoms with Crippen molar-refractivity contribution in [3.8, 4) is 0 Å². The van der Waals surface area contributed by atoms with E-state index in [1.807, 2.05) is 11.8 Å². The lowest BCUT2D eigenvalue weighted by Crippen LogP contribution is -2.06. The topological polar surface area (TPSA) is 28.7 Å². The van der Waals surface area contributed by atoms with Gasteiger partial charge in [0.2, 0.25) is 0 Å².